The zero-order valence-corrected chi connectivity index (χ0v) is 17.5. The van der Waals surface area contributed by atoms with Crippen LogP contribution in [0, 0.1) is 5.82 Å². The number of anilines is 2. The molecule has 1 fully saturated rings. The van der Waals surface area contributed by atoms with Gasteiger partial charge in [0.15, 0.2) is 5.25 Å². The monoisotopic (exact) mass is 447 g/mol. The van der Waals surface area contributed by atoms with Crippen LogP contribution >= 0.6 is 23.4 Å². The number of likely N-dealkylation sites (tertiary alicyclic amines) is 1. The van der Waals surface area contributed by atoms with E-state index < -0.39 is 22.9 Å². The molecule has 0 bridgehead atoms. The number of benzene rings is 2. The Morgan fingerprint density at radius 3 is 2.63 bits per heavy atom. The summed E-state index contributed by atoms with van der Waals surface area (Å²) in [5, 5.41) is 1.60. The van der Waals surface area contributed by atoms with E-state index in [1.165, 1.54) is 28.8 Å². The van der Waals surface area contributed by atoms with Gasteiger partial charge in [-0.1, -0.05) is 23.7 Å². The van der Waals surface area contributed by atoms with E-state index in [9.17, 15) is 18.8 Å². The van der Waals surface area contributed by atoms with Crippen molar-refractivity contribution in [3.8, 4) is 0 Å². The predicted octanol–water partition coefficient (Wildman–Crippen LogP) is 3.55. The van der Waals surface area contributed by atoms with E-state index in [0.29, 0.717) is 24.5 Å². The predicted molar refractivity (Wildman–Crippen MR) is 114 cm³/mol. The number of rotatable bonds is 4. The summed E-state index contributed by atoms with van der Waals surface area (Å²) >= 11 is 6.98. The highest BCUT2D eigenvalue weighted by Gasteiger charge is 2.41. The summed E-state index contributed by atoms with van der Waals surface area (Å²) in [6.07, 6.45) is 1.86. The van der Waals surface area contributed by atoms with Gasteiger partial charge in [0.2, 0.25) is 11.8 Å². The van der Waals surface area contributed by atoms with Crippen molar-refractivity contribution in [2.75, 3.05) is 29.9 Å². The number of thioether (sulfide) groups is 1. The summed E-state index contributed by atoms with van der Waals surface area (Å²) in [5.41, 5.74) is 0.911. The van der Waals surface area contributed by atoms with E-state index in [0.717, 1.165) is 23.8 Å². The number of halogens is 2. The molecule has 1 saturated heterocycles. The van der Waals surface area contributed by atoms with Crippen LogP contribution in [-0.4, -0.2) is 47.5 Å². The number of nitrogens with zero attached hydrogens (tertiary/aromatic N) is 2. The van der Waals surface area contributed by atoms with E-state index in [-0.39, 0.29) is 17.5 Å². The molecule has 30 heavy (non-hydrogen) atoms. The van der Waals surface area contributed by atoms with E-state index >= 15 is 0 Å². The maximum absolute atomic E-state index is 13.3. The Balaban J connectivity index is 1.55. The van der Waals surface area contributed by atoms with Crippen LogP contribution in [0.1, 0.15) is 12.8 Å². The molecular formula is C21H19ClFN3O3S. The number of nitrogens with one attached hydrogen (secondary N) is 1. The summed E-state index contributed by atoms with van der Waals surface area (Å²) in [7, 11) is 0. The highest BCUT2D eigenvalue weighted by Crippen LogP contribution is 2.40. The molecule has 4 rings (SSSR count). The zero-order chi connectivity index (χ0) is 21.3. The maximum atomic E-state index is 13.3. The first-order valence-electron chi connectivity index (χ1n) is 9.55. The van der Waals surface area contributed by atoms with E-state index in [4.69, 9.17) is 11.6 Å². The zero-order valence-electron chi connectivity index (χ0n) is 15.9. The van der Waals surface area contributed by atoms with Crippen molar-refractivity contribution in [1.82, 2.24) is 4.90 Å². The van der Waals surface area contributed by atoms with Crippen LogP contribution in [0.3, 0.4) is 0 Å². The molecule has 156 valence electrons. The Hall–Kier alpha value is -2.58. The Morgan fingerprint density at radius 2 is 1.90 bits per heavy atom. The third-order valence-electron chi connectivity index (χ3n) is 5.04. The fourth-order valence-corrected chi connectivity index (χ4v) is 4.93. The van der Waals surface area contributed by atoms with Crippen molar-refractivity contribution in [1.29, 1.82) is 0 Å². The molecule has 2 aromatic rings. The number of hydrogen-bond donors (Lipinski definition) is 1. The van der Waals surface area contributed by atoms with Crippen LogP contribution in [0.2, 0.25) is 5.02 Å². The number of carbonyl (C=O) groups is 3. The number of fused-ring (bicyclic) bond motifs is 1. The Bertz CT molecular complexity index is 1010. The summed E-state index contributed by atoms with van der Waals surface area (Å²) in [4.78, 5) is 42.5. The lowest BCUT2D eigenvalue weighted by molar-refractivity contribution is -0.134. The van der Waals surface area contributed by atoms with Crippen molar-refractivity contribution >= 4 is 52.5 Å². The van der Waals surface area contributed by atoms with Gasteiger partial charge in [-0.15, -0.1) is 11.8 Å². The van der Waals surface area contributed by atoms with Crippen LogP contribution in [-0.2, 0) is 14.4 Å². The molecule has 0 saturated carbocycles. The van der Waals surface area contributed by atoms with Crippen molar-refractivity contribution in [2.45, 2.75) is 23.0 Å². The van der Waals surface area contributed by atoms with Crippen LogP contribution < -0.4 is 10.2 Å². The van der Waals surface area contributed by atoms with Gasteiger partial charge >= 0.3 is 0 Å². The minimum Gasteiger partial charge on any atom is -0.341 e. The summed E-state index contributed by atoms with van der Waals surface area (Å²) < 4.78 is 13.3. The fraction of sp³-hybridized carbons (Fsp3) is 0.286. The van der Waals surface area contributed by atoms with Crippen molar-refractivity contribution < 1.29 is 18.8 Å². The summed E-state index contributed by atoms with van der Waals surface area (Å²) in [6.45, 7) is 1.03. The average Bonchev–Trinajstić information content (AvgIpc) is 3.27. The molecule has 2 aromatic carbocycles. The lowest BCUT2D eigenvalue weighted by atomic mass is 10.2. The standard InChI is InChI=1S/C21H19ClFN3O3S/c22-14-11-13(7-8-15(14)23)24-18(27)12-26-16-5-1-2-6-17(16)30-19(21(26)29)20(28)25-9-3-4-10-25/h1-2,5-8,11,19H,3-4,9-10,12H2,(H,24,27)/t19-/m0/s1. The van der Waals surface area contributed by atoms with Gasteiger partial charge in [-0.05, 0) is 43.2 Å². The first kappa shape index (κ1) is 20.7. The number of amides is 3. The number of para-hydroxylation sites is 1. The topological polar surface area (TPSA) is 69.7 Å². The van der Waals surface area contributed by atoms with Gasteiger partial charge in [0.1, 0.15) is 12.4 Å². The minimum absolute atomic E-state index is 0.111. The average molecular weight is 448 g/mol. The SMILES string of the molecule is O=C(CN1C(=O)[C@H](C(=O)N2CCCC2)Sc2ccccc21)Nc1ccc(F)c(Cl)c1. The lowest BCUT2D eigenvalue weighted by Crippen LogP contribution is -2.51. The summed E-state index contributed by atoms with van der Waals surface area (Å²) in [5.74, 6) is -1.69. The second kappa shape index (κ2) is 8.65. The van der Waals surface area contributed by atoms with E-state index in [1.807, 2.05) is 12.1 Å². The van der Waals surface area contributed by atoms with E-state index in [2.05, 4.69) is 5.32 Å². The Kier molecular flexibility index (Phi) is 5.97. The first-order chi connectivity index (χ1) is 14.4. The molecule has 6 nitrogen and oxygen atoms in total. The molecule has 1 atom stereocenters. The third-order valence-corrected chi connectivity index (χ3v) is 6.57. The molecule has 0 radical (unpaired) electrons. The first-order valence-corrected chi connectivity index (χ1v) is 10.8. The van der Waals surface area contributed by atoms with Gasteiger partial charge in [0.25, 0.3) is 5.91 Å². The molecule has 1 N–H and O–H groups in total. The van der Waals surface area contributed by atoms with Gasteiger partial charge in [-0.3, -0.25) is 14.4 Å². The molecule has 2 aliphatic rings. The van der Waals surface area contributed by atoms with Crippen LogP contribution in [0.5, 0.6) is 0 Å². The second-order valence-electron chi connectivity index (χ2n) is 7.10. The summed E-state index contributed by atoms with van der Waals surface area (Å²) in [6, 6.07) is 11.0. The van der Waals surface area contributed by atoms with Crippen molar-refractivity contribution in [3.63, 3.8) is 0 Å². The maximum Gasteiger partial charge on any atom is 0.250 e. The molecule has 9 heteroatoms. The smallest absolute Gasteiger partial charge is 0.250 e. The molecule has 3 amide bonds. The van der Waals surface area contributed by atoms with Gasteiger partial charge < -0.3 is 15.1 Å². The number of hydrogen-bond acceptors (Lipinski definition) is 4. The lowest BCUT2D eigenvalue weighted by Gasteiger charge is -2.34. The molecule has 2 aliphatic heterocycles. The third kappa shape index (κ3) is 4.15. The number of carbonyl (C=O) groups excluding carboxylic acids is 3. The largest absolute Gasteiger partial charge is 0.341 e. The van der Waals surface area contributed by atoms with Gasteiger partial charge in [-0.2, -0.15) is 0 Å². The van der Waals surface area contributed by atoms with Gasteiger partial charge in [0.05, 0.1) is 10.7 Å². The van der Waals surface area contributed by atoms with Crippen molar-refractivity contribution in [2.24, 2.45) is 0 Å². The van der Waals surface area contributed by atoms with Gasteiger partial charge in [0, 0.05) is 23.7 Å². The molecule has 0 unspecified atom stereocenters. The second-order valence-corrected chi connectivity index (χ2v) is 8.65. The fourth-order valence-electron chi connectivity index (χ4n) is 3.56. The Morgan fingerprint density at radius 1 is 1.17 bits per heavy atom. The van der Waals surface area contributed by atoms with Gasteiger partial charge in [-0.25, -0.2) is 4.39 Å². The highest BCUT2D eigenvalue weighted by molar-refractivity contribution is 8.01. The van der Waals surface area contributed by atoms with Crippen LogP contribution in [0.25, 0.3) is 0 Å². The molecule has 0 aromatic heterocycles. The van der Waals surface area contributed by atoms with E-state index in [1.54, 1.807) is 17.0 Å². The minimum atomic E-state index is -0.911. The molecule has 0 spiro atoms. The normalized spacial score (nSPS) is 18.3. The van der Waals surface area contributed by atoms with Crippen LogP contribution in [0.4, 0.5) is 15.8 Å². The Labute approximate surface area is 182 Å². The molecule has 0 aliphatic carbocycles. The molecular weight excluding hydrogens is 429 g/mol. The highest BCUT2D eigenvalue weighted by atomic mass is 35.5. The van der Waals surface area contributed by atoms with Crippen molar-refractivity contribution in [3.05, 3.63) is 53.3 Å². The van der Waals surface area contributed by atoms with Crippen LogP contribution in [0.15, 0.2) is 47.4 Å². The quantitative estimate of drug-likeness (QED) is 0.728. The molecule has 2 heterocycles.